The summed E-state index contributed by atoms with van der Waals surface area (Å²) in [6.07, 6.45) is 8.40. The molecule has 21 heavy (non-hydrogen) atoms. The molecule has 1 aromatic rings. The molecule has 2 aliphatic rings. The lowest BCUT2D eigenvalue weighted by Gasteiger charge is -2.01. The van der Waals surface area contributed by atoms with Gasteiger partial charge in [-0.2, -0.15) is 9.97 Å². The van der Waals surface area contributed by atoms with Crippen LogP contribution >= 0.6 is 11.6 Å². The summed E-state index contributed by atoms with van der Waals surface area (Å²) in [5.41, 5.74) is 2.03. The highest BCUT2D eigenvalue weighted by Crippen LogP contribution is 2.18. The van der Waals surface area contributed by atoms with Crippen LogP contribution < -0.4 is 9.68 Å². The van der Waals surface area contributed by atoms with Gasteiger partial charge in [0, 0.05) is 0 Å². The SMILES string of the molecule is Clc1nc(ON=C2CCCC2)nc(ON=C2CCCC2)n1. The van der Waals surface area contributed by atoms with Gasteiger partial charge in [0.15, 0.2) is 0 Å². The number of hydrogen-bond acceptors (Lipinski definition) is 7. The largest absolute Gasteiger partial charge is 0.353 e. The Hall–Kier alpha value is -1.76. The van der Waals surface area contributed by atoms with E-state index in [9.17, 15) is 0 Å². The standard InChI is InChI=1S/C13H16ClN5O2/c14-11-15-12(20-18-9-5-1-2-6-9)17-13(16-11)21-19-10-7-3-4-8-10/h1-8H2. The maximum atomic E-state index is 5.82. The fourth-order valence-corrected chi connectivity index (χ4v) is 2.50. The molecule has 0 bridgehead atoms. The maximum Gasteiger partial charge on any atom is 0.353 e. The summed E-state index contributed by atoms with van der Waals surface area (Å²) in [5.74, 6) is 0. The van der Waals surface area contributed by atoms with Crippen molar-refractivity contribution in [3.05, 3.63) is 5.28 Å². The van der Waals surface area contributed by atoms with Crippen molar-refractivity contribution < 1.29 is 9.68 Å². The molecule has 2 aliphatic carbocycles. The van der Waals surface area contributed by atoms with Crippen LogP contribution in [0.5, 0.6) is 12.0 Å². The second-order valence-electron chi connectivity index (χ2n) is 5.08. The van der Waals surface area contributed by atoms with Crippen molar-refractivity contribution in [3.8, 4) is 12.0 Å². The Morgan fingerprint density at radius 1 is 0.714 bits per heavy atom. The number of aromatic nitrogens is 3. The van der Waals surface area contributed by atoms with Gasteiger partial charge >= 0.3 is 12.0 Å². The maximum absolute atomic E-state index is 5.82. The molecule has 0 radical (unpaired) electrons. The van der Waals surface area contributed by atoms with Crippen molar-refractivity contribution >= 4 is 23.0 Å². The molecule has 0 atom stereocenters. The van der Waals surface area contributed by atoms with Gasteiger partial charge in [0.05, 0.1) is 11.4 Å². The highest BCUT2D eigenvalue weighted by Gasteiger charge is 2.13. The molecule has 0 aromatic carbocycles. The third kappa shape index (κ3) is 4.10. The van der Waals surface area contributed by atoms with E-state index in [-0.39, 0.29) is 17.3 Å². The molecule has 0 N–H and O–H groups in total. The van der Waals surface area contributed by atoms with Crippen LogP contribution in [0.4, 0.5) is 0 Å². The summed E-state index contributed by atoms with van der Waals surface area (Å²) < 4.78 is 0. The predicted octanol–water partition coefficient (Wildman–Crippen LogP) is 3.14. The minimum atomic E-state index is -0.00626. The molecule has 2 saturated carbocycles. The molecule has 2 fully saturated rings. The van der Waals surface area contributed by atoms with E-state index in [0.29, 0.717) is 0 Å². The van der Waals surface area contributed by atoms with Crippen LogP contribution in [-0.2, 0) is 0 Å². The Morgan fingerprint density at radius 2 is 1.14 bits per heavy atom. The van der Waals surface area contributed by atoms with Crippen molar-refractivity contribution in [1.29, 1.82) is 0 Å². The smallest absolute Gasteiger partial charge is 0.315 e. The molecule has 0 aliphatic heterocycles. The van der Waals surface area contributed by atoms with Gasteiger partial charge in [-0.25, -0.2) is 0 Å². The molecule has 8 heteroatoms. The average molecular weight is 310 g/mol. The first kappa shape index (κ1) is 14.2. The third-order valence-corrected chi connectivity index (χ3v) is 3.61. The fraction of sp³-hybridized carbons (Fsp3) is 0.615. The minimum absolute atomic E-state index is 0.00626. The lowest BCUT2D eigenvalue weighted by molar-refractivity contribution is 0.277. The zero-order chi connectivity index (χ0) is 14.5. The van der Waals surface area contributed by atoms with Crippen LogP contribution in [0.2, 0.25) is 5.28 Å². The fourth-order valence-electron chi connectivity index (χ4n) is 2.36. The minimum Gasteiger partial charge on any atom is -0.315 e. The highest BCUT2D eigenvalue weighted by molar-refractivity contribution is 6.28. The number of nitrogens with zero attached hydrogens (tertiary/aromatic N) is 5. The van der Waals surface area contributed by atoms with Crippen LogP contribution in [0.1, 0.15) is 51.4 Å². The molecule has 0 unspecified atom stereocenters. The molecule has 0 spiro atoms. The Labute approximate surface area is 127 Å². The van der Waals surface area contributed by atoms with Crippen molar-refractivity contribution in [1.82, 2.24) is 15.0 Å². The normalized spacial score (nSPS) is 18.0. The summed E-state index contributed by atoms with van der Waals surface area (Å²) in [6, 6.07) is 0.0482. The van der Waals surface area contributed by atoms with Gasteiger partial charge in [0.25, 0.3) is 0 Å². The lowest BCUT2D eigenvalue weighted by Crippen LogP contribution is -2.02. The first-order valence-corrected chi connectivity index (χ1v) is 7.54. The van der Waals surface area contributed by atoms with Gasteiger partial charge in [-0.15, -0.1) is 4.98 Å². The first-order chi connectivity index (χ1) is 10.3. The van der Waals surface area contributed by atoms with E-state index in [1.54, 1.807) is 0 Å². The van der Waals surface area contributed by atoms with Gasteiger partial charge in [0.2, 0.25) is 5.28 Å². The van der Waals surface area contributed by atoms with Gasteiger partial charge < -0.3 is 9.68 Å². The van der Waals surface area contributed by atoms with Gasteiger partial charge in [-0.05, 0) is 63.0 Å². The van der Waals surface area contributed by atoms with Crippen molar-refractivity contribution in [2.45, 2.75) is 51.4 Å². The van der Waals surface area contributed by atoms with Crippen LogP contribution in [0.15, 0.2) is 10.3 Å². The summed E-state index contributed by atoms with van der Waals surface area (Å²) in [6.45, 7) is 0. The van der Waals surface area contributed by atoms with Crippen LogP contribution in [-0.4, -0.2) is 26.4 Å². The summed E-state index contributed by atoms with van der Waals surface area (Å²) >= 11 is 5.82. The van der Waals surface area contributed by atoms with E-state index >= 15 is 0 Å². The number of hydrogen-bond donors (Lipinski definition) is 0. The predicted molar refractivity (Wildman–Crippen MR) is 77.9 cm³/mol. The molecule has 112 valence electrons. The average Bonchev–Trinajstić information content (AvgIpc) is 3.16. The number of rotatable bonds is 4. The summed E-state index contributed by atoms with van der Waals surface area (Å²) in [7, 11) is 0. The molecular weight excluding hydrogens is 294 g/mol. The van der Waals surface area contributed by atoms with Gasteiger partial charge in [0.1, 0.15) is 0 Å². The molecule has 7 nitrogen and oxygen atoms in total. The van der Waals surface area contributed by atoms with Crippen molar-refractivity contribution in [2.24, 2.45) is 10.3 Å². The third-order valence-electron chi connectivity index (χ3n) is 3.44. The monoisotopic (exact) mass is 309 g/mol. The second kappa shape index (κ2) is 6.80. The van der Waals surface area contributed by atoms with E-state index < -0.39 is 0 Å². The molecule has 0 amide bonds. The van der Waals surface area contributed by atoms with Crippen LogP contribution in [0.25, 0.3) is 0 Å². The number of oxime groups is 2. The Kier molecular flexibility index (Phi) is 4.59. The van der Waals surface area contributed by atoms with E-state index in [1.165, 1.54) is 0 Å². The Bertz CT molecular complexity index is 513. The summed E-state index contributed by atoms with van der Waals surface area (Å²) in [4.78, 5) is 22.1. The Balaban J connectivity index is 1.66. The van der Waals surface area contributed by atoms with Gasteiger partial charge in [-0.1, -0.05) is 10.3 Å². The van der Waals surface area contributed by atoms with Gasteiger partial charge in [-0.3, -0.25) is 0 Å². The van der Waals surface area contributed by atoms with Crippen molar-refractivity contribution in [3.63, 3.8) is 0 Å². The Morgan fingerprint density at radius 3 is 1.57 bits per heavy atom. The number of halogens is 1. The second-order valence-corrected chi connectivity index (χ2v) is 5.42. The molecule has 0 saturated heterocycles. The topological polar surface area (TPSA) is 81.9 Å². The van der Waals surface area contributed by atoms with E-state index in [4.69, 9.17) is 21.3 Å². The quantitative estimate of drug-likeness (QED) is 0.798. The zero-order valence-corrected chi connectivity index (χ0v) is 12.3. The molecule has 1 heterocycles. The summed E-state index contributed by atoms with van der Waals surface area (Å²) in [5, 5.41) is 8.05. The van der Waals surface area contributed by atoms with E-state index in [2.05, 4.69) is 25.3 Å². The lowest BCUT2D eigenvalue weighted by atomic mass is 10.3. The highest BCUT2D eigenvalue weighted by atomic mass is 35.5. The van der Waals surface area contributed by atoms with Crippen molar-refractivity contribution in [2.75, 3.05) is 0 Å². The zero-order valence-electron chi connectivity index (χ0n) is 11.6. The van der Waals surface area contributed by atoms with Crippen LogP contribution in [0.3, 0.4) is 0 Å². The van der Waals surface area contributed by atoms with E-state index in [0.717, 1.165) is 62.8 Å². The van der Waals surface area contributed by atoms with Crippen LogP contribution in [0, 0.1) is 0 Å². The molecular formula is C13H16ClN5O2. The first-order valence-electron chi connectivity index (χ1n) is 7.17. The molecule has 1 aromatic heterocycles. The van der Waals surface area contributed by atoms with E-state index in [1.807, 2.05) is 0 Å². The molecule has 3 rings (SSSR count).